The average Bonchev–Trinajstić information content (AvgIpc) is 2.14. The summed E-state index contributed by atoms with van der Waals surface area (Å²) < 4.78 is 0. The van der Waals surface area contributed by atoms with Gasteiger partial charge in [-0.3, -0.25) is 0 Å². The van der Waals surface area contributed by atoms with Crippen LogP contribution in [-0.2, 0) is 0 Å². The van der Waals surface area contributed by atoms with Crippen molar-refractivity contribution in [3.05, 3.63) is 23.4 Å². The molecule has 4 heteroatoms. The van der Waals surface area contributed by atoms with Crippen LogP contribution in [0.1, 0.15) is 25.0 Å². The molecule has 0 saturated heterocycles. The lowest BCUT2D eigenvalue weighted by molar-refractivity contribution is 0.0884. The molecule has 1 rings (SSSR count). The van der Waals surface area contributed by atoms with Crippen LogP contribution in [0.25, 0.3) is 0 Å². The molecule has 1 aromatic rings. The van der Waals surface area contributed by atoms with Gasteiger partial charge in [0.2, 0.25) is 0 Å². The minimum atomic E-state index is -0.813. The van der Waals surface area contributed by atoms with Crippen molar-refractivity contribution in [2.75, 3.05) is 18.5 Å². The van der Waals surface area contributed by atoms with Gasteiger partial charge >= 0.3 is 0 Å². The number of aliphatic hydroxyl groups is 1. The Kier molecular flexibility index (Phi) is 3.51. The normalized spacial score (nSPS) is 11.0. The Balaban J connectivity index is 3.05. The molecule has 0 radical (unpaired) electrons. The second kappa shape index (κ2) is 4.50. The van der Waals surface area contributed by atoms with E-state index in [2.05, 4.69) is 11.1 Å². The van der Waals surface area contributed by atoms with Gasteiger partial charge in [0.15, 0.2) is 0 Å². The molecule has 0 aliphatic carbocycles. The lowest BCUT2D eigenvalue weighted by Gasteiger charge is -2.27. The Labute approximate surface area is 96.2 Å². The van der Waals surface area contributed by atoms with Crippen LogP contribution in [0.15, 0.2) is 12.3 Å². The Hall–Kier alpha value is -1.60. The predicted octanol–water partition coefficient (Wildman–Crippen LogP) is 1.47. The number of rotatable bonds is 3. The van der Waals surface area contributed by atoms with Crippen LogP contribution in [0.3, 0.4) is 0 Å². The van der Waals surface area contributed by atoms with E-state index in [1.807, 2.05) is 14.0 Å². The van der Waals surface area contributed by atoms with Gasteiger partial charge < -0.3 is 10.0 Å². The molecule has 0 aliphatic heterocycles. The van der Waals surface area contributed by atoms with E-state index < -0.39 is 5.60 Å². The molecular formula is C12H17N3O. The minimum absolute atomic E-state index is 0.429. The molecule has 0 atom stereocenters. The first-order chi connectivity index (χ1) is 7.35. The van der Waals surface area contributed by atoms with Gasteiger partial charge in [0.25, 0.3) is 0 Å². The van der Waals surface area contributed by atoms with Gasteiger partial charge in [-0.25, -0.2) is 4.98 Å². The summed E-state index contributed by atoms with van der Waals surface area (Å²) in [5.41, 5.74) is 0.650. The van der Waals surface area contributed by atoms with Crippen molar-refractivity contribution in [2.24, 2.45) is 0 Å². The summed E-state index contributed by atoms with van der Waals surface area (Å²) >= 11 is 0. The topological polar surface area (TPSA) is 60.1 Å². The van der Waals surface area contributed by atoms with Crippen LogP contribution in [-0.4, -0.2) is 29.3 Å². The Bertz CT molecular complexity index is 415. The first-order valence-corrected chi connectivity index (χ1v) is 5.14. The fourth-order valence-electron chi connectivity index (χ4n) is 1.63. The van der Waals surface area contributed by atoms with E-state index in [-0.39, 0.29) is 0 Å². The SMILES string of the molecule is Cc1ccnc(N(C)CC(C)(C)O)c1C#N. The summed E-state index contributed by atoms with van der Waals surface area (Å²) in [6.07, 6.45) is 1.67. The highest BCUT2D eigenvalue weighted by Crippen LogP contribution is 2.20. The van der Waals surface area contributed by atoms with Crippen molar-refractivity contribution in [1.29, 1.82) is 5.26 Å². The molecule has 0 aromatic carbocycles. The molecule has 1 N–H and O–H groups in total. The van der Waals surface area contributed by atoms with E-state index in [9.17, 15) is 5.11 Å². The zero-order chi connectivity index (χ0) is 12.3. The monoisotopic (exact) mass is 219 g/mol. The zero-order valence-corrected chi connectivity index (χ0v) is 10.2. The predicted molar refractivity (Wildman–Crippen MR) is 63.3 cm³/mol. The van der Waals surface area contributed by atoms with Crippen molar-refractivity contribution in [3.8, 4) is 6.07 Å². The molecule has 86 valence electrons. The van der Waals surface area contributed by atoms with Crippen molar-refractivity contribution in [3.63, 3.8) is 0 Å². The van der Waals surface area contributed by atoms with Gasteiger partial charge in [-0.2, -0.15) is 5.26 Å². The Morgan fingerprint density at radius 2 is 2.19 bits per heavy atom. The third kappa shape index (κ3) is 2.94. The number of nitriles is 1. The van der Waals surface area contributed by atoms with E-state index in [0.29, 0.717) is 17.9 Å². The van der Waals surface area contributed by atoms with Crippen LogP contribution in [0.5, 0.6) is 0 Å². The summed E-state index contributed by atoms with van der Waals surface area (Å²) in [7, 11) is 1.82. The van der Waals surface area contributed by atoms with E-state index in [4.69, 9.17) is 5.26 Å². The molecule has 0 bridgehead atoms. The third-order valence-electron chi connectivity index (χ3n) is 2.24. The third-order valence-corrected chi connectivity index (χ3v) is 2.24. The standard InChI is InChI=1S/C12H17N3O/c1-9-5-6-14-11(10(9)7-13)15(4)8-12(2,3)16/h5-6,16H,8H2,1-4H3. The fraction of sp³-hybridized carbons (Fsp3) is 0.500. The average molecular weight is 219 g/mol. The number of anilines is 1. The Morgan fingerprint density at radius 1 is 1.56 bits per heavy atom. The van der Waals surface area contributed by atoms with Crippen molar-refractivity contribution < 1.29 is 5.11 Å². The van der Waals surface area contributed by atoms with Crippen LogP contribution >= 0.6 is 0 Å². The quantitative estimate of drug-likeness (QED) is 0.836. The molecule has 1 heterocycles. The minimum Gasteiger partial charge on any atom is -0.389 e. The highest BCUT2D eigenvalue weighted by molar-refractivity contribution is 5.56. The number of hydrogen-bond donors (Lipinski definition) is 1. The van der Waals surface area contributed by atoms with Crippen molar-refractivity contribution in [2.45, 2.75) is 26.4 Å². The fourth-order valence-corrected chi connectivity index (χ4v) is 1.63. The maximum absolute atomic E-state index is 9.73. The first-order valence-electron chi connectivity index (χ1n) is 5.14. The highest BCUT2D eigenvalue weighted by Gasteiger charge is 2.19. The highest BCUT2D eigenvalue weighted by atomic mass is 16.3. The van der Waals surface area contributed by atoms with E-state index in [1.165, 1.54) is 0 Å². The second-order valence-electron chi connectivity index (χ2n) is 4.61. The molecule has 0 fully saturated rings. The molecule has 0 spiro atoms. The number of hydrogen-bond acceptors (Lipinski definition) is 4. The molecule has 0 saturated carbocycles. The molecule has 4 nitrogen and oxygen atoms in total. The van der Waals surface area contributed by atoms with Gasteiger partial charge in [0.05, 0.1) is 11.2 Å². The van der Waals surface area contributed by atoms with Gasteiger partial charge in [-0.05, 0) is 32.4 Å². The molecular weight excluding hydrogens is 202 g/mol. The molecule has 0 aliphatic rings. The summed E-state index contributed by atoms with van der Waals surface area (Å²) in [6.45, 7) is 5.76. The first kappa shape index (κ1) is 12.5. The Morgan fingerprint density at radius 3 is 2.69 bits per heavy atom. The molecule has 0 amide bonds. The summed E-state index contributed by atoms with van der Waals surface area (Å²) in [5, 5.41) is 18.8. The van der Waals surface area contributed by atoms with Crippen LogP contribution < -0.4 is 4.90 Å². The number of aryl methyl sites for hydroxylation is 1. The largest absolute Gasteiger partial charge is 0.389 e. The summed E-state index contributed by atoms with van der Waals surface area (Å²) in [6, 6.07) is 3.95. The lowest BCUT2D eigenvalue weighted by Crippen LogP contribution is -2.37. The van der Waals surface area contributed by atoms with Gasteiger partial charge in [-0.15, -0.1) is 0 Å². The van der Waals surface area contributed by atoms with Crippen LogP contribution in [0.2, 0.25) is 0 Å². The number of nitrogens with zero attached hydrogens (tertiary/aromatic N) is 3. The van der Waals surface area contributed by atoms with E-state index >= 15 is 0 Å². The summed E-state index contributed by atoms with van der Waals surface area (Å²) in [4.78, 5) is 5.98. The maximum atomic E-state index is 9.73. The molecule has 16 heavy (non-hydrogen) atoms. The van der Waals surface area contributed by atoms with Gasteiger partial charge in [-0.1, -0.05) is 0 Å². The van der Waals surface area contributed by atoms with E-state index in [1.54, 1.807) is 31.0 Å². The maximum Gasteiger partial charge on any atom is 0.146 e. The molecule has 0 unspecified atom stereocenters. The van der Waals surface area contributed by atoms with Crippen LogP contribution in [0, 0.1) is 18.3 Å². The van der Waals surface area contributed by atoms with Gasteiger partial charge in [0.1, 0.15) is 11.9 Å². The number of pyridine rings is 1. The second-order valence-corrected chi connectivity index (χ2v) is 4.61. The summed E-state index contributed by atoms with van der Waals surface area (Å²) in [5.74, 6) is 0.615. The van der Waals surface area contributed by atoms with E-state index in [0.717, 1.165) is 5.56 Å². The van der Waals surface area contributed by atoms with Gasteiger partial charge in [0, 0.05) is 19.8 Å². The smallest absolute Gasteiger partial charge is 0.146 e. The van der Waals surface area contributed by atoms with Crippen molar-refractivity contribution in [1.82, 2.24) is 4.98 Å². The van der Waals surface area contributed by atoms with Crippen LogP contribution in [0.4, 0.5) is 5.82 Å². The number of likely N-dealkylation sites (N-methyl/N-ethyl adjacent to an activating group) is 1. The lowest BCUT2D eigenvalue weighted by atomic mass is 10.1. The zero-order valence-electron chi connectivity index (χ0n) is 10.2. The molecule has 1 aromatic heterocycles. The number of aromatic nitrogens is 1. The van der Waals surface area contributed by atoms with Crippen molar-refractivity contribution >= 4 is 5.82 Å².